The van der Waals surface area contributed by atoms with Crippen LogP contribution in [0.15, 0.2) is 0 Å². The molecule has 0 amide bonds. The molecule has 3 aliphatic rings. The fourth-order valence-corrected chi connectivity index (χ4v) is 8.99. The molecule has 0 radical (unpaired) electrons. The molecule has 3 heteroatoms. The van der Waals surface area contributed by atoms with Gasteiger partial charge in [0.25, 0.3) is 0 Å². The first-order valence-electron chi connectivity index (χ1n) is 17.5. The molecular formula is C36H66N3+3. The summed E-state index contributed by atoms with van der Waals surface area (Å²) in [5.41, 5.74) is 10.4. The highest BCUT2D eigenvalue weighted by molar-refractivity contribution is 5.50. The Labute approximate surface area is 243 Å². The summed E-state index contributed by atoms with van der Waals surface area (Å²) in [4.78, 5) is 0. The number of rotatable bonds is 15. The number of hydrogen-bond acceptors (Lipinski definition) is 0. The van der Waals surface area contributed by atoms with Gasteiger partial charge < -0.3 is 13.4 Å². The SMILES string of the molecule is CCCC[N+]1(Cc2c(C)c(C[N+]3(CCCC)CCCC3)c(C)c(C[N+]3(CCCC)CCCC3)c2C)CCCC1. The predicted octanol–water partition coefficient (Wildman–Crippen LogP) is 8.34. The van der Waals surface area contributed by atoms with Gasteiger partial charge in [0.1, 0.15) is 19.6 Å². The fourth-order valence-electron chi connectivity index (χ4n) is 8.99. The van der Waals surface area contributed by atoms with Crippen LogP contribution < -0.4 is 0 Å². The monoisotopic (exact) mass is 541 g/mol. The van der Waals surface area contributed by atoms with Crippen LogP contribution >= 0.6 is 0 Å². The van der Waals surface area contributed by atoms with E-state index in [1.54, 1.807) is 33.4 Å². The van der Waals surface area contributed by atoms with Crippen molar-refractivity contribution in [2.45, 2.75) is 138 Å². The van der Waals surface area contributed by atoms with E-state index in [4.69, 9.17) is 0 Å². The van der Waals surface area contributed by atoms with E-state index in [1.807, 2.05) is 0 Å². The van der Waals surface area contributed by atoms with E-state index in [-0.39, 0.29) is 0 Å². The summed E-state index contributed by atoms with van der Waals surface area (Å²) in [6.45, 7) is 31.3. The second-order valence-corrected chi connectivity index (χ2v) is 14.5. The van der Waals surface area contributed by atoms with Crippen molar-refractivity contribution in [3.63, 3.8) is 0 Å². The van der Waals surface area contributed by atoms with Gasteiger partial charge in [-0.05, 0) is 56.7 Å². The first kappa shape index (κ1) is 31.0. The predicted molar refractivity (Wildman–Crippen MR) is 169 cm³/mol. The lowest BCUT2D eigenvalue weighted by atomic mass is 9.86. The average Bonchev–Trinajstić information content (AvgIpc) is 3.71. The summed E-state index contributed by atoms with van der Waals surface area (Å²) in [5.74, 6) is 0. The molecule has 0 saturated carbocycles. The average molecular weight is 541 g/mol. The number of unbranched alkanes of at least 4 members (excludes halogenated alkanes) is 3. The number of hydrogen-bond donors (Lipinski definition) is 0. The Kier molecular flexibility index (Phi) is 11.0. The third-order valence-electron chi connectivity index (χ3n) is 11.7. The first-order chi connectivity index (χ1) is 18.8. The molecule has 0 N–H and O–H groups in total. The van der Waals surface area contributed by atoms with Crippen LogP contribution in [-0.4, -0.2) is 72.4 Å². The Morgan fingerprint density at radius 3 is 0.846 bits per heavy atom. The van der Waals surface area contributed by atoms with Crippen LogP contribution in [0.25, 0.3) is 0 Å². The third kappa shape index (κ3) is 7.12. The number of benzene rings is 1. The van der Waals surface area contributed by atoms with Gasteiger partial charge in [-0.3, -0.25) is 0 Å². The Morgan fingerprint density at radius 2 is 0.641 bits per heavy atom. The summed E-state index contributed by atoms with van der Waals surface area (Å²) in [6, 6.07) is 0. The smallest absolute Gasteiger partial charge is 0.105 e. The molecule has 3 aliphatic heterocycles. The van der Waals surface area contributed by atoms with E-state index in [9.17, 15) is 0 Å². The van der Waals surface area contributed by atoms with Crippen molar-refractivity contribution in [1.82, 2.24) is 0 Å². The van der Waals surface area contributed by atoms with Gasteiger partial charge in [0.05, 0.1) is 58.9 Å². The molecule has 3 nitrogen and oxygen atoms in total. The van der Waals surface area contributed by atoms with Crippen LogP contribution in [0.2, 0.25) is 0 Å². The largest absolute Gasteiger partial charge is 0.320 e. The van der Waals surface area contributed by atoms with Gasteiger partial charge in [-0.1, -0.05) is 40.0 Å². The van der Waals surface area contributed by atoms with Crippen LogP contribution in [0.5, 0.6) is 0 Å². The molecule has 0 spiro atoms. The van der Waals surface area contributed by atoms with Crippen LogP contribution in [0.4, 0.5) is 0 Å². The molecule has 3 fully saturated rings. The maximum Gasteiger partial charge on any atom is 0.105 e. The summed E-state index contributed by atoms with van der Waals surface area (Å²) < 4.78 is 4.09. The van der Waals surface area contributed by atoms with Gasteiger partial charge in [-0.2, -0.15) is 0 Å². The van der Waals surface area contributed by atoms with Crippen LogP contribution in [0, 0.1) is 20.8 Å². The summed E-state index contributed by atoms with van der Waals surface area (Å²) in [5, 5.41) is 0. The molecule has 0 aliphatic carbocycles. The summed E-state index contributed by atoms with van der Waals surface area (Å²) >= 11 is 0. The van der Waals surface area contributed by atoms with E-state index in [2.05, 4.69) is 41.5 Å². The third-order valence-corrected chi connectivity index (χ3v) is 11.7. The van der Waals surface area contributed by atoms with E-state index in [0.29, 0.717) is 0 Å². The zero-order valence-electron chi connectivity index (χ0n) is 27.3. The molecule has 3 saturated heterocycles. The van der Waals surface area contributed by atoms with Gasteiger partial charge in [0, 0.05) is 55.2 Å². The molecule has 1 aromatic rings. The van der Waals surface area contributed by atoms with Crippen molar-refractivity contribution in [1.29, 1.82) is 0 Å². The maximum absolute atomic E-state index is 2.55. The highest BCUT2D eigenvalue weighted by Crippen LogP contribution is 2.37. The van der Waals surface area contributed by atoms with Crippen LogP contribution in [-0.2, 0) is 19.6 Å². The number of nitrogens with zero attached hydrogens (tertiary/aromatic N) is 3. The van der Waals surface area contributed by atoms with Crippen molar-refractivity contribution in [3.05, 3.63) is 33.4 Å². The Morgan fingerprint density at radius 1 is 0.410 bits per heavy atom. The molecule has 0 aromatic heterocycles. The minimum Gasteiger partial charge on any atom is -0.320 e. The van der Waals surface area contributed by atoms with E-state index < -0.39 is 0 Å². The zero-order valence-corrected chi connectivity index (χ0v) is 27.3. The molecule has 39 heavy (non-hydrogen) atoms. The molecule has 1 aromatic carbocycles. The van der Waals surface area contributed by atoms with Crippen molar-refractivity contribution >= 4 is 0 Å². The Hall–Kier alpha value is -0.900. The minimum absolute atomic E-state index is 1.29. The highest BCUT2D eigenvalue weighted by atomic mass is 15.4. The number of likely N-dealkylation sites (tertiary alicyclic amines) is 3. The topological polar surface area (TPSA) is 0 Å². The molecular weight excluding hydrogens is 474 g/mol. The van der Waals surface area contributed by atoms with E-state index >= 15 is 0 Å². The van der Waals surface area contributed by atoms with Crippen molar-refractivity contribution < 1.29 is 13.4 Å². The van der Waals surface area contributed by atoms with Crippen molar-refractivity contribution in [2.75, 3.05) is 58.9 Å². The lowest BCUT2D eigenvalue weighted by Crippen LogP contribution is -2.47. The molecule has 0 bridgehead atoms. The molecule has 3 heterocycles. The number of quaternary nitrogens is 3. The van der Waals surface area contributed by atoms with Gasteiger partial charge in [0.15, 0.2) is 0 Å². The Bertz CT molecular complexity index is 774. The van der Waals surface area contributed by atoms with Gasteiger partial charge in [-0.15, -0.1) is 0 Å². The lowest BCUT2D eigenvalue weighted by Gasteiger charge is -2.40. The van der Waals surface area contributed by atoms with Gasteiger partial charge >= 0.3 is 0 Å². The van der Waals surface area contributed by atoms with E-state index in [1.165, 1.54) is 169 Å². The lowest BCUT2D eigenvalue weighted by molar-refractivity contribution is -0.931. The second-order valence-electron chi connectivity index (χ2n) is 14.5. The zero-order chi connectivity index (χ0) is 27.9. The molecule has 4 rings (SSSR count). The highest BCUT2D eigenvalue weighted by Gasteiger charge is 2.39. The maximum atomic E-state index is 2.55. The van der Waals surface area contributed by atoms with E-state index in [0.717, 1.165) is 0 Å². The van der Waals surface area contributed by atoms with Crippen molar-refractivity contribution in [2.24, 2.45) is 0 Å². The standard InChI is InChI=1S/C36H66N3/c1-7-10-19-37(22-13-14-23-37)28-34-31(4)35(29-38(20-11-8-2)24-15-16-25-38)33(6)36(32(34)5)30-39(21-12-9-3)26-17-18-27-39/h7-30H2,1-6H3/q+3. The van der Waals surface area contributed by atoms with Gasteiger partial charge in [0.2, 0.25) is 0 Å². The summed E-state index contributed by atoms with van der Waals surface area (Å²) in [7, 11) is 0. The normalized spacial score (nSPS) is 21.7. The van der Waals surface area contributed by atoms with Gasteiger partial charge in [-0.25, -0.2) is 0 Å². The van der Waals surface area contributed by atoms with Crippen molar-refractivity contribution in [3.8, 4) is 0 Å². The summed E-state index contributed by atoms with van der Waals surface area (Å²) in [6.07, 6.45) is 16.7. The van der Waals surface area contributed by atoms with Crippen LogP contribution in [0.3, 0.4) is 0 Å². The molecule has 0 unspecified atom stereocenters. The first-order valence-corrected chi connectivity index (χ1v) is 17.5. The quantitative estimate of drug-likeness (QED) is 0.196. The fraction of sp³-hybridized carbons (Fsp3) is 0.833. The molecule has 222 valence electrons. The Balaban J connectivity index is 1.78. The second kappa shape index (κ2) is 13.8. The molecule has 0 atom stereocenters. The minimum atomic E-state index is 1.29. The van der Waals surface area contributed by atoms with Crippen LogP contribution in [0.1, 0.15) is 131 Å².